The fourth-order valence-corrected chi connectivity index (χ4v) is 14.4. The molecule has 0 aliphatic heterocycles. The molecule has 0 aliphatic carbocycles. The van der Waals surface area contributed by atoms with Gasteiger partial charge in [0.15, 0.2) is 12.2 Å². The molecule has 0 saturated heterocycles. The van der Waals surface area contributed by atoms with Crippen LogP contribution in [-0.4, -0.2) is 96.7 Å². The topological polar surface area (TPSA) is 237 Å². The van der Waals surface area contributed by atoms with Crippen molar-refractivity contribution in [3.05, 3.63) is 0 Å². The number of phosphoric ester groups is 2. The molecule has 0 bridgehead atoms. The average molecular weight is 1490 g/mol. The maximum Gasteiger partial charge on any atom is 0.472 e. The van der Waals surface area contributed by atoms with Gasteiger partial charge in [0.2, 0.25) is 0 Å². The third-order valence-corrected chi connectivity index (χ3v) is 22.1. The number of aliphatic hydroxyl groups excluding tert-OH is 1. The zero-order valence-corrected chi connectivity index (χ0v) is 68.7. The van der Waals surface area contributed by atoms with Crippen LogP contribution in [0.5, 0.6) is 0 Å². The Balaban J connectivity index is 5.23. The van der Waals surface area contributed by atoms with Gasteiger partial charge in [-0.25, -0.2) is 9.13 Å². The minimum absolute atomic E-state index is 0.108. The molecule has 0 rings (SSSR count). The van der Waals surface area contributed by atoms with Crippen molar-refractivity contribution in [1.29, 1.82) is 0 Å². The van der Waals surface area contributed by atoms with E-state index in [1.165, 1.54) is 257 Å². The third-order valence-electron chi connectivity index (χ3n) is 20.2. The molecule has 0 aromatic heterocycles. The van der Waals surface area contributed by atoms with Gasteiger partial charge in [0, 0.05) is 25.7 Å². The Morgan fingerprint density at radius 2 is 0.471 bits per heavy atom. The summed E-state index contributed by atoms with van der Waals surface area (Å²) >= 11 is 0. The van der Waals surface area contributed by atoms with Crippen LogP contribution in [-0.2, 0) is 65.4 Å². The number of carbonyl (C=O) groups excluding carboxylic acids is 4. The number of hydrogen-bond donors (Lipinski definition) is 3. The summed E-state index contributed by atoms with van der Waals surface area (Å²) in [6.45, 7) is 9.72. The smallest absolute Gasteiger partial charge is 0.462 e. The second kappa shape index (κ2) is 74.5. The second-order valence-electron chi connectivity index (χ2n) is 30.4. The first kappa shape index (κ1) is 100. The van der Waals surface area contributed by atoms with Crippen molar-refractivity contribution in [2.45, 2.75) is 458 Å². The molecule has 606 valence electrons. The van der Waals surface area contributed by atoms with Crippen molar-refractivity contribution in [2.75, 3.05) is 39.6 Å². The summed E-state index contributed by atoms with van der Waals surface area (Å²) in [5.41, 5.74) is 0. The number of phosphoric acid groups is 2. The Kier molecular flexibility index (Phi) is 73.1. The van der Waals surface area contributed by atoms with Crippen molar-refractivity contribution >= 4 is 39.5 Å². The van der Waals surface area contributed by atoms with Crippen LogP contribution in [0, 0.1) is 11.8 Å². The zero-order valence-electron chi connectivity index (χ0n) is 66.9. The van der Waals surface area contributed by atoms with Gasteiger partial charge < -0.3 is 33.8 Å². The molecule has 0 fully saturated rings. The van der Waals surface area contributed by atoms with Gasteiger partial charge in [0.25, 0.3) is 0 Å². The van der Waals surface area contributed by atoms with Crippen molar-refractivity contribution in [3.63, 3.8) is 0 Å². The Bertz CT molecular complexity index is 1960. The first-order valence-corrected chi connectivity index (χ1v) is 46.1. The van der Waals surface area contributed by atoms with Crippen LogP contribution in [0.3, 0.4) is 0 Å². The van der Waals surface area contributed by atoms with Crippen LogP contribution < -0.4 is 0 Å². The molecular weight excluding hydrogens is 1330 g/mol. The van der Waals surface area contributed by atoms with E-state index in [4.69, 9.17) is 37.0 Å². The number of carbonyl (C=O) groups is 4. The minimum Gasteiger partial charge on any atom is -0.462 e. The lowest BCUT2D eigenvalue weighted by molar-refractivity contribution is -0.161. The van der Waals surface area contributed by atoms with E-state index >= 15 is 0 Å². The SMILES string of the molecule is CCCCCCCCCCCCCCCCC(=O)OC[C@H](COP(=O)(O)OC[C@@H](O)COP(=O)(O)OC[C@@H](COC(=O)CCCCCCCCCCC(C)CC)OC(=O)CCCCCCCCCCCCCCCC)OC(=O)CCCCCCCCCCCCCCCCCCCCC(C)CC. The predicted molar refractivity (Wildman–Crippen MR) is 418 cm³/mol. The molecular formula is C83H162O17P2. The molecule has 4 unspecified atom stereocenters. The average Bonchev–Trinajstić information content (AvgIpc) is 0.968. The summed E-state index contributed by atoms with van der Waals surface area (Å²) in [6.07, 6.45) is 65.0. The first-order valence-electron chi connectivity index (χ1n) is 43.1. The van der Waals surface area contributed by atoms with Gasteiger partial charge in [0.05, 0.1) is 26.4 Å². The number of unbranched alkanes of at least 4 members (excludes halogenated alkanes) is 50. The molecule has 7 atom stereocenters. The lowest BCUT2D eigenvalue weighted by Gasteiger charge is -2.21. The van der Waals surface area contributed by atoms with E-state index in [9.17, 15) is 43.2 Å². The van der Waals surface area contributed by atoms with Crippen molar-refractivity contribution < 1.29 is 80.2 Å². The number of esters is 4. The Morgan fingerprint density at radius 3 is 0.696 bits per heavy atom. The van der Waals surface area contributed by atoms with Crippen LogP contribution in [0.25, 0.3) is 0 Å². The first-order chi connectivity index (χ1) is 49.4. The van der Waals surface area contributed by atoms with Crippen LogP contribution in [0.2, 0.25) is 0 Å². The standard InChI is InChI=1S/C83H162O17P2/c1-7-11-13-15-17-19-21-23-32-36-40-47-53-59-65-80(85)93-71-78(99-83(88)68-62-56-50-42-38-34-30-28-26-25-27-29-31-35-39-45-51-57-63-75(5)9-3)73-97-101(89,90)95-69-77(84)70-96-102(91,92)98-74-79(72-94-81(86)66-60-54-48-44-43-46-52-58-64-76(6)10-4)100-82(87)67-61-55-49-41-37-33-24-22-20-18-16-14-12-8-2/h75-79,84H,7-74H2,1-6H3,(H,89,90)(H,91,92)/t75?,76?,77-,78-,79-/m1/s1. The highest BCUT2D eigenvalue weighted by Gasteiger charge is 2.30. The van der Waals surface area contributed by atoms with E-state index in [0.29, 0.717) is 25.7 Å². The number of rotatable bonds is 82. The maximum atomic E-state index is 13.1. The molecule has 0 aliphatic rings. The van der Waals surface area contributed by atoms with Crippen LogP contribution in [0.4, 0.5) is 0 Å². The number of ether oxygens (including phenoxy) is 4. The predicted octanol–water partition coefficient (Wildman–Crippen LogP) is 25.1. The fourth-order valence-electron chi connectivity index (χ4n) is 12.8. The third kappa shape index (κ3) is 73.6. The molecule has 102 heavy (non-hydrogen) atoms. The molecule has 0 spiro atoms. The summed E-state index contributed by atoms with van der Waals surface area (Å²) in [6, 6.07) is 0. The molecule has 19 heteroatoms. The molecule has 0 heterocycles. The van der Waals surface area contributed by atoms with Crippen molar-refractivity contribution in [3.8, 4) is 0 Å². The van der Waals surface area contributed by atoms with E-state index in [1.807, 2.05) is 0 Å². The van der Waals surface area contributed by atoms with E-state index in [0.717, 1.165) is 102 Å². The molecule has 3 N–H and O–H groups in total. The van der Waals surface area contributed by atoms with Gasteiger partial charge in [-0.1, -0.05) is 388 Å². The molecule has 0 radical (unpaired) electrons. The van der Waals surface area contributed by atoms with Gasteiger partial charge in [-0.2, -0.15) is 0 Å². The number of aliphatic hydroxyl groups is 1. The maximum absolute atomic E-state index is 13.1. The van der Waals surface area contributed by atoms with Gasteiger partial charge in [-0.3, -0.25) is 37.3 Å². The van der Waals surface area contributed by atoms with Crippen molar-refractivity contribution in [1.82, 2.24) is 0 Å². The monoisotopic (exact) mass is 1490 g/mol. The largest absolute Gasteiger partial charge is 0.472 e. The quantitative estimate of drug-likeness (QED) is 0.0222. The second-order valence-corrected chi connectivity index (χ2v) is 33.3. The van der Waals surface area contributed by atoms with Crippen LogP contribution >= 0.6 is 15.6 Å². The van der Waals surface area contributed by atoms with Gasteiger partial charge in [0.1, 0.15) is 19.3 Å². The highest BCUT2D eigenvalue weighted by molar-refractivity contribution is 7.47. The Labute approximate surface area is 626 Å². The molecule has 0 saturated carbocycles. The normalized spacial score (nSPS) is 14.4. The Hall–Kier alpha value is -1.94. The van der Waals surface area contributed by atoms with E-state index < -0.39 is 97.5 Å². The lowest BCUT2D eigenvalue weighted by atomic mass is 9.99. The zero-order chi connectivity index (χ0) is 74.9. The minimum atomic E-state index is -4.96. The highest BCUT2D eigenvalue weighted by atomic mass is 31.2. The van der Waals surface area contributed by atoms with Gasteiger partial charge >= 0.3 is 39.5 Å². The van der Waals surface area contributed by atoms with Crippen LogP contribution in [0.15, 0.2) is 0 Å². The highest BCUT2D eigenvalue weighted by Crippen LogP contribution is 2.45. The van der Waals surface area contributed by atoms with Crippen LogP contribution in [0.1, 0.15) is 440 Å². The van der Waals surface area contributed by atoms with E-state index in [2.05, 4.69) is 41.5 Å². The summed E-state index contributed by atoms with van der Waals surface area (Å²) in [4.78, 5) is 73.1. The summed E-state index contributed by atoms with van der Waals surface area (Å²) in [5.74, 6) is -0.455. The van der Waals surface area contributed by atoms with E-state index in [-0.39, 0.29) is 25.7 Å². The number of hydrogen-bond acceptors (Lipinski definition) is 15. The molecule has 0 aromatic carbocycles. The van der Waals surface area contributed by atoms with E-state index in [1.54, 1.807) is 0 Å². The summed E-state index contributed by atoms with van der Waals surface area (Å²) in [5, 5.41) is 10.7. The molecule has 17 nitrogen and oxygen atoms in total. The lowest BCUT2D eigenvalue weighted by Crippen LogP contribution is -2.30. The summed E-state index contributed by atoms with van der Waals surface area (Å²) < 4.78 is 68.8. The molecule has 0 amide bonds. The van der Waals surface area contributed by atoms with Gasteiger partial charge in [-0.05, 0) is 37.5 Å². The molecule has 0 aromatic rings. The Morgan fingerprint density at radius 1 is 0.275 bits per heavy atom. The van der Waals surface area contributed by atoms with Crippen molar-refractivity contribution in [2.24, 2.45) is 11.8 Å². The summed E-state index contributed by atoms with van der Waals surface area (Å²) in [7, 11) is -9.92. The van der Waals surface area contributed by atoms with Gasteiger partial charge in [-0.15, -0.1) is 0 Å². The fraction of sp³-hybridized carbons (Fsp3) is 0.952.